The molecular formula is C46H45BF2N15OS. The van der Waals surface area contributed by atoms with E-state index >= 15 is 0 Å². The Balaban J connectivity index is 0.000000180. The standard InChI is InChI=1S/C22H18FN7.C19H21N5O.C5H5FN2.BHNS/c1-29-13-17(11-28-29)16-4-2-15(3-5-16)10-24-21-9-19(26-14-27-21)20-12-25-22-8-18(23)6-7-30(20)22;1-3-25-9-8-18-10-19(22-14-21-18)20-11-15-4-6-16(7-5-15)17-12-23-24(2)13-17;6-4-1-2-8-5(7)3-4;1-2-3/h2-9,11-14H,10H2,1H3,(H,24,26,27);4-10,12-14H,3,11H2,1-2H3,(H,20,21,22);1-3H,(H2,7,8);3H/b;9-8+;;. The quantitative estimate of drug-likeness (QED) is 0.0521. The first kappa shape index (κ1) is 47.4. The van der Waals surface area contributed by atoms with Crippen LogP contribution in [-0.4, -0.2) is 68.1 Å². The molecule has 7 heterocycles. The first-order chi connectivity index (χ1) is 32.1. The third kappa shape index (κ3) is 14.2. The molecule has 9 aromatic rings. The zero-order valence-corrected chi connectivity index (χ0v) is 37.1. The maximum absolute atomic E-state index is 13.4. The molecule has 2 aromatic carbocycles. The molecule has 0 aliphatic heterocycles. The summed E-state index contributed by atoms with van der Waals surface area (Å²) in [6, 6.07) is 25.7. The van der Waals surface area contributed by atoms with Gasteiger partial charge in [-0.15, -0.1) is 0 Å². The number of hydrogen-bond acceptors (Lipinski definition) is 14. The molecule has 0 saturated carbocycles. The van der Waals surface area contributed by atoms with Gasteiger partial charge in [-0.25, -0.2) is 38.7 Å². The fourth-order valence-electron chi connectivity index (χ4n) is 6.09. The van der Waals surface area contributed by atoms with Gasteiger partial charge in [0.05, 0.1) is 48.5 Å². The number of nitrogen functional groups attached to an aromatic ring is 1. The zero-order chi connectivity index (χ0) is 46.7. The second kappa shape index (κ2) is 24.1. The van der Waals surface area contributed by atoms with E-state index in [0.717, 1.165) is 45.0 Å². The number of halogens is 2. The van der Waals surface area contributed by atoms with Gasteiger partial charge in [0.25, 0.3) is 0 Å². The van der Waals surface area contributed by atoms with Crippen LogP contribution in [0.1, 0.15) is 23.7 Å². The van der Waals surface area contributed by atoms with Gasteiger partial charge in [-0.1, -0.05) is 48.5 Å². The van der Waals surface area contributed by atoms with Crippen LogP contribution in [0.5, 0.6) is 0 Å². The number of nitrogens with two attached hydrogens (primary N) is 1. The number of nitrogens with one attached hydrogen (secondary N) is 2. The van der Waals surface area contributed by atoms with Crippen molar-refractivity contribution in [1.29, 1.82) is 0 Å². The van der Waals surface area contributed by atoms with Crippen molar-refractivity contribution in [2.24, 2.45) is 18.4 Å². The van der Waals surface area contributed by atoms with Crippen LogP contribution in [-0.2, 0) is 31.9 Å². The van der Waals surface area contributed by atoms with Crippen LogP contribution in [0.25, 0.3) is 45.4 Å². The van der Waals surface area contributed by atoms with Gasteiger partial charge in [0.15, 0.2) is 0 Å². The molecule has 0 aliphatic carbocycles. The first-order valence-electron chi connectivity index (χ1n) is 20.2. The van der Waals surface area contributed by atoms with Crippen molar-refractivity contribution in [3.63, 3.8) is 0 Å². The molecular weight excluding hydrogens is 859 g/mol. The molecule has 0 atom stereocenters. The number of anilines is 3. The summed E-state index contributed by atoms with van der Waals surface area (Å²) < 4.78 is 38.7. The van der Waals surface area contributed by atoms with Crippen LogP contribution < -0.4 is 16.4 Å². The SMILES string of the molecule is CCO/C=C/c1cc(NCc2ccc(-c3cnn(C)c3)cc2)ncn1.Cn1cc(-c2ccc(CNc3cc(-c4cnc5cc(F)ccn45)ncn3)cc2)cn1.Nc1cc(F)ccn1.[B]=NS. The van der Waals surface area contributed by atoms with E-state index in [1.807, 2.05) is 64.0 Å². The van der Waals surface area contributed by atoms with Crippen LogP contribution >= 0.6 is 12.8 Å². The topological polar surface area (TPSA) is 189 Å². The van der Waals surface area contributed by atoms with E-state index in [-0.39, 0.29) is 17.5 Å². The van der Waals surface area contributed by atoms with E-state index in [9.17, 15) is 8.78 Å². The Bertz CT molecular complexity index is 2940. The first-order valence-corrected chi connectivity index (χ1v) is 20.6. The molecule has 66 heavy (non-hydrogen) atoms. The Hall–Kier alpha value is -8.13. The monoisotopic (exact) mass is 904 g/mol. The number of aryl methyl sites for hydroxylation is 2. The summed E-state index contributed by atoms with van der Waals surface area (Å²) >= 11 is 3.19. The summed E-state index contributed by atoms with van der Waals surface area (Å²) in [7, 11) is 8.16. The van der Waals surface area contributed by atoms with Gasteiger partial charge in [-0.2, -0.15) is 10.2 Å². The molecule has 16 nitrogen and oxygen atoms in total. The number of thiol groups is 1. The van der Waals surface area contributed by atoms with Gasteiger partial charge in [0.2, 0.25) is 0 Å². The molecule has 9 rings (SSSR count). The van der Waals surface area contributed by atoms with Crippen molar-refractivity contribution >= 4 is 49.6 Å². The minimum atomic E-state index is -0.350. The third-order valence-corrected chi connectivity index (χ3v) is 9.27. The van der Waals surface area contributed by atoms with Gasteiger partial charge < -0.3 is 21.1 Å². The molecule has 0 unspecified atom stereocenters. The number of pyridine rings is 2. The van der Waals surface area contributed by atoms with Gasteiger partial charge in [0.1, 0.15) is 47.4 Å². The summed E-state index contributed by atoms with van der Waals surface area (Å²) in [6.45, 7) is 3.90. The molecule has 333 valence electrons. The molecule has 0 aliphatic rings. The summed E-state index contributed by atoms with van der Waals surface area (Å²) in [5, 5.41) is 15.1. The molecule has 20 heteroatoms. The Morgan fingerprint density at radius 1 is 0.712 bits per heavy atom. The fourth-order valence-corrected chi connectivity index (χ4v) is 6.09. The maximum atomic E-state index is 13.4. The summed E-state index contributed by atoms with van der Waals surface area (Å²) in [6.07, 6.45) is 18.9. The van der Waals surface area contributed by atoms with Crippen molar-refractivity contribution in [2.45, 2.75) is 20.0 Å². The molecule has 0 fully saturated rings. The van der Waals surface area contributed by atoms with E-state index in [4.69, 9.17) is 10.5 Å². The van der Waals surface area contributed by atoms with Crippen LogP contribution in [0, 0.1) is 11.6 Å². The average molecular weight is 905 g/mol. The molecule has 1 radical (unpaired) electrons. The molecule has 0 bridgehead atoms. The van der Waals surface area contributed by atoms with Crippen molar-refractivity contribution in [3.8, 4) is 33.6 Å². The molecule has 0 saturated heterocycles. The second-order valence-corrected chi connectivity index (χ2v) is 14.2. The average Bonchev–Trinajstić information content (AvgIpc) is 4.09. The Morgan fingerprint density at radius 3 is 1.82 bits per heavy atom. The number of imidazole rings is 1. The molecule has 4 N–H and O–H groups in total. The van der Waals surface area contributed by atoms with E-state index in [2.05, 4.69) is 124 Å². The number of hydrogen-bond donors (Lipinski definition) is 4. The Labute approximate surface area is 386 Å². The van der Waals surface area contributed by atoms with Gasteiger partial charge in [0, 0.05) is 87.4 Å². The fraction of sp³-hybridized carbons (Fsp3) is 0.130. The van der Waals surface area contributed by atoms with Crippen molar-refractivity contribution < 1.29 is 13.5 Å². The van der Waals surface area contributed by atoms with Crippen molar-refractivity contribution in [2.75, 3.05) is 23.0 Å². The molecule has 0 spiro atoms. The zero-order valence-electron chi connectivity index (χ0n) is 36.2. The van der Waals surface area contributed by atoms with Crippen LogP contribution in [0.2, 0.25) is 0 Å². The van der Waals surface area contributed by atoms with E-state index < -0.39 is 0 Å². The van der Waals surface area contributed by atoms with Crippen molar-refractivity contribution in [1.82, 2.24) is 53.9 Å². The summed E-state index contributed by atoms with van der Waals surface area (Å²) in [4.78, 5) is 24.9. The van der Waals surface area contributed by atoms with Gasteiger partial charge >= 0.3 is 24.8 Å². The Kier molecular flexibility index (Phi) is 17.3. The minimum absolute atomic E-state index is 0.213. The number of fused-ring (bicyclic) bond motifs is 1. The third-order valence-electron chi connectivity index (χ3n) is 9.27. The second-order valence-electron chi connectivity index (χ2n) is 14.0. The predicted octanol–water partition coefficient (Wildman–Crippen LogP) is 8.43. The van der Waals surface area contributed by atoms with Crippen LogP contribution in [0.15, 0.2) is 152 Å². The Morgan fingerprint density at radius 2 is 1.29 bits per heavy atom. The number of nitrogens with zero attached hydrogens (tertiary/aromatic N) is 12. The van der Waals surface area contributed by atoms with Gasteiger partial charge in [-0.3, -0.25) is 13.8 Å². The predicted molar refractivity (Wildman–Crippen MR) is 257 cm³/mol. The van der Waals surface area contributed by atoms with E-state index in [0.29, 0.717) is 36.9 Å². The van der Waals surface area contributed by atoms with E-state index in [1.54, 1.807) is 38.7 Å². The number of benzene rings is 2. The summed E-state index contributed by atoms with van der Waals surface area (Å²) in [5.41, 5.74) is 14.7. The summed E-state index contributed by atoms with van der Waals surface area (Å²) in [5.74, 6) is 1.03. The van der Waals surface area contributed by atoms with Crippen LogP contribution in [0.4, 0.5) is 26.2 Å². The van der Waals surface area contributed by atoms with Crippen molar-refractivity contribution in [3.05, 3.63) is 176 Å². The number of ether oxygens (including phenoxy) is 1. The van der Waals surface area contributed by atoms with Crippen LogP contribution in [0.3, 0.4) is 0 Å². The molecule has 0 amide bonds. The normalized spacial score (nSPS) is 10.5. The van der Waals surface area contributed by atoms with Gasteiger partial charge in [-0.05, 0) is 47.4 Å². The number of aromatic nitrogens is 11. The number of rotatable bonds is 12. The molecule has 7 aromatic heterocycles. The van der Waals surface area contributed by atoms with E-state index in [1.165, 1.54) is 42.4 Å².